The molecule has 3 aromatic rings. The van der Waals surface area contributed by atoms with Gasteiger partial charge in [0.15, 0.2) is 0 Å². The van der Waals surface area contributed by atoms with E-state index in [0.717, 1.165) is 68.5 Å². The Hall–Kier alpha value is -5.22. The lowest BCUT2D eigenvalue weighted by Crippen LogP contribution is -2.42. The smallest absolute Gasteiger partial charge is 0.134 e. The zero-order chi connectivity index (χ0) is 35.1. The van der Waals surface area contributed by atoms with E-state index in [9.17, 15) is 0 Å². The first-order valence-electron chi connectivity index (χ1n) is 19.9. The van der Waals surface area contributed by atoms with Crippen molar-refractivity contribution in [3.05, 3.63) is 179 Å². The SMILES string of the molecule is C[C@]12C=CCCC1C1=C(C=CC(N(C3=CC4C5=C(CCC(c6ccccc6)=C5)N(C5C=CC=CC5)C4C=C3)C3=CCCc4oc5ccccc5c43)C1)O2. The molecule has 0 bridgehead atoms. The molecular formula is C49H46N2O2. The van der Waals surface area contributed by atoms with Crippen molar-refractivity contribution in [2.24, 2.45) is 11.8 Å². The van der Waals surface area contributed by atoms with Crippen LogP contribution in [0, 0.1) is 11.8 Å². The maximum Gasteiger partial charge on any atom is 0.134 e. The molecule has 0 amide bonds. The molecule has 0 radical (unpaired) electrons. The number of benzene rings is 2. The standard InChI is InChI=1S/C49H46N2O2/c1-49-28-11-10-18-41(49)40-31-36(24-27-46(40)53-49)50(44-19-12-21-47-48(44)37-17-8-9-20-45(37)52-47)35-23-26-43-39(30-35)38-29-33(32-13-4-2-5-14-32)22-25-42(38)51(43)34-15-6-3-7-16-34/h2-9,11,13-15,17,19-20,23-24,26-30,34,36,39,41,43H,10,12,16,18,21-22,25,31H2,1H3/t34?,36?,39?,41?,43?,49-/m0/s1. The van der Waals surface area contributed by atoms with E-state index in [4.69, 9.17) is 9.15 Å². The lowest BCUT2D eigenvalue weighted by molar-refractivity contribution is 0.0533. The van der Waals surface area contributed by atoms with Crippen LogP contribution in [0.1, 0.15) is 68.8 Å². The maximum absolute atomic E-state index is 6.71. The summed E-state index contributed by atoms with van der Waals surface area (Å²) in [6.07, 6.45) is 39.5. The van der Waals surface area contributed by atoms with E-state index in [2.05, 4.69) is 150 Å². The molecule has 1 aromatic heterocycles. The Morgan fingerprint density at radius 3 is 2.70 bits per heavy atom. The van der Waals surface area contributed by atoms with Crippen LogP contribution >= 0.6 is 0 Å². The predicted octanol–water partition coefficient (Wildman–Crippen LogP) is 11.1. The van der Waals surface area contributed by atoms with Crippen molar-refractivity contribution in [2.75, 3.05) is 0 Å². The zero-order valence-electron chi connectivity index (χ0n) is 30.5. The van der Waals surface area contributed by atoms with Crippen molar-refractivity contribution in [3.8, 4) is 0 Å². The number of hydrogen-bond acceptors (Lipinski definition) is 4. The number of para-hydroxylation sites is 1. The van der Waals surface area contributed by atoms with Gasteiger partial charge in [0.2, 0.25) is 0 Å². The lowest BCUT2D eigenvalue weighted by Gasteiger charge is -2.41. The third kappa shape index (κ3) is 4.94. The van der Waals surface area contributed by atoms with Crippen molar-refractivity contribution in [1.29, 1.82) is 0 Å². The predicted molar refractivity (Wildman–Crippen MR) is 214 cm³/mol. The molecule has 5 unspecified atom stereocenters. The van der Waals surface area contributed by atoms with Crippen molar-refractivity contribution in [1.82, 2.24) is 9.80 Å². The first kappa shape index (κ1) is 31.3. The van der Waals surface area contributed by atoms with Crippen molar-refractivity contribution in [2.45, 2.75) is 82.0 Å². The Balaban J connectivity index is 1.04. The Kier molecular flexibility index (Phi) is 7.19. The van der Waals surface area contributed by atoms with Gasteiger partial charge in [-0.25, -0.2) is 0 Å². The van der Waals surface area contributed by atoms with Crippen LogP contribution in [0.5, 0.6) is 0 Å². The molecule has 6 aliphatic carbocycles. The van der Waals surface area contributed by atoms with Gasteiger partial charge in [-0.1, -0.05) is 109 Å². The summed E-state index contributed by atoms with van der Waals surface area (Å²) < 4.78 is 13.3. The largest absolute Gasteiger partial charge is 0.483 e. The van der Waals surface area contributed by atoms with Crippen LogP contribution in [0.3, 0.4) is 0 Å². The van der Waals surface area contributed by atoms with Gasteiger partial charge in [-0.05, 0) is 98.4 Å². The number of hydrogen-bond donors (Lipinski definition) is 0. The maximum atomic E-state index is 6.71. The first-order chi connectivity index (χ1) is 26.1. The summed E-state index contributed by atoms with van der Waals surface area (Å²) in [7, 11) is 0. The molecule has 4 nitrogen and oxygen atoms in total. The number of allylic oxidation sites excluding steroid dienone is 9. The minimum Gasteiger partial charge on any atom is -0.483 e. The number of furan rings is 1. The van der Waals surface area contributed by atoms with Crippen molar-refractivity contribution in [3.63, 3.8) is 0 Å². The fourth-order valence-corrected chi connectivity index (χ4v) is 10.8. The molecular weight excluding hydrogens is 649 g/mol. The summed E-state index contributed by atoms with van der Waals surface area (Å²) in [6, 6.07) is 20.5. The molecule has 6 atom stereocenters. The molecule has 0 spiro atoms. The summed E-state index contributed by atoms with van der Waals surface area (Å²) in [5.74, 6) is 2.88. The van der Waals surface area contributed by atoms with Crippen LogP contribution < -0.4 is 0 Å². The van der Waals surface area contributed by atoms with E-state index in [0.29, 0.717) is 12.0 Å². The Bertz CT molecular complexity index is 2340. The monoisotopic (exact) mass is 694 g/mol. The normalized spacial score (nSPS) is 30.7. The minimum absolute atomic E-state index is 0.156. The van der Waals surface area contributed by atoms with Gasteiger partial charge in [0.05, 0.1) is 18.1 Å². The third-order valence-corrected chi connectivity index (χ3v) is 13.2. The third-order valence-electron chi connectivity index (χ3n) is 13.2. The van der Waals surface area contributed by atoms with Gasteiger partial charge in [0.1, 0.15) is 22.7 Å². The van der Waals surface area contributed by atoms with Crippen molar-refractivity contribution >= 4 is 22.2 Å². The highest BCUT2D eigenvalue weighted by atomic mass is 16.5. The molecule has 3 heterocycles. The second-order valence-electron chi connectivity index (χ2n) is 16.2. The summed E-state index contributed by atoms with van der Waals surface area (Å²) >= 11 is 0. The van der Waals surface area contributed by atoms with Gasteiger partial charge in [0.25, 0.3) is 0 Å². The highest BCUT2D eigenvalue weighted by Gasteiger charge is 2.48. The zero-order valence-corrected chi connectivity index (χ0v) is 30.5. The van der Waals surface area contributed by atoms with E-state index in [1.54, 1.807) is 0 Å². The summed E-state index contributed by atoms with van der Waals surface area (Å²) in [4.78, 5) is 5.44. The molecule has 11 rings (SSSR count). The minimum atomic E-state index is -0.245. The average Bonchev–Trinajstić information content (AvgIpc) is 3.85. The van der Waals surface area contributed by atoms with Crippen LogP contribution in [0.15, 0.2) is 166 Å². The molecule has 8 aliphatic rings. The van der Waals surface area contributed by atoms with Crippen LogP contribution in [-0.4, -0.2) is 33.5 Å². The van der Waals surface area contributed by atoms with Gasteiger partial charge in [-0.15, -0.1) is 0 Å². The molecule has 0 N–H and O–H groups in total. The molecule has 53 heavy (non-hydrogen) atoms. The Labute approximate surface area is 312 Å². The Morgan fingerprint density at radius 1 is 0.887 bits per heavy atom. The second kappa shape index (κ2) is 12.2. The van der Waals surface area contributed by atoms with Crippen molar-refractivity contribution < 1.29 is 9.15 Å². The van der Waals surface area contributed by atoms with Gasteiger partial charge in [-0.2, -0.15) is 0 Å². The lowest BCUT2D eigenvalue weighted by atomic mass is 9.75. The topological polar surface area (TPSA) is 28.9 Å². The molecule has 2 aliphatic heterocycles. The van der Waals surface area contributed by atoms with E-state index in [1.807, 2.05) is 0 Å². The molecule has 0 fully saturated rings. The second-order valence-corrected chi connectivity index (χ2v) is 16.2. The number of rotatable bonds is 5. The van der Waals surface area contributed by atoms with Gasteiger partial charge in [0, 0.05) is 46.3 Å². The van der Waals surface area contributed by atoms with Gasteiger partial charge >= 0.3 is 0 Å². The highest BCUT2D eigenvalue weighted by molar-refractivity contribution is 5.93. The number of aryl methyl sites for hydroxylation is 1. The Morgan fingerprint density at radius 2 is 1.79 bits per heavy atom. The fourth-order valence-electron chi connectivity index (χ4n) is 10.8. The van der Waals surface area contributed by atoms with Crippen LogP contribution in [0.4, 0.5) is 0 Å². The summed E-state index contributed by atoms with van der Waals surface area (Å²) in [5, 5.41) is 1.21. The van der Waals surface area contributed by atoms with E-state index < -0.39 is 0 Å². The number of ether oxygens (including phenoxy) is 1. The van der Waals surface area contributed by atoms with Gasteiger partial charge in [-0.3, -0.25) is 0 Å². The van der Waals surface area contributed by atoms with E-state index in [-0.39, 0.29) is 23.6 Å². The van der Waals surface area contributed by atoms with Crippen LogP contribution in [0.25, 0.3) is 22.2 Å². The van der Waals surface area contributed by atoms with E-state index >= 15 is 0 Å². The van der Waals surface area contributed by atoms with Crippen LogP contribution in [0.2, 0.25) is 0 Å². The molecule has 264 valence electrons. The molecule has 4 heteroatoms. The fraction of sp³-hybridized carbons (Fsp3) is 0.306. The van der Waals surface area contributed by atoms with E-state index in [1.165, 1.54) is 50.3 Å². The molecule has 0 saturated heterocycles. The van der Waals surface area contributed by atoms with Gasteiger partial charge < -0.3 is 19.0 Å². The quantitative estimate of drug-likeness (QED) is 0.249. The number of fused-ring (bicyclic) bond motifs is 7. The molecule has 2 aromatic carbocycles. The highest BCUT2D eigenvalue weighted by Crippen LogP contribution is 2.52. The summed E-state index contributed by atoms with van der Waals surface area (Å²) in [6.45, 7) is 2.28. The average molecular weight is 695 g/mol. The first-order valence-corrected chi connectivity index (χ1v) is 19.9. The summed E-state index contributed by atoms with van der Waals surface area (Å²) in [5.41, 5.74) is 11.9. The van der Waals surface area contributed by atoms with Crippen LogP contribution in [-0.2, 0) is 11.2 Å². The number of nitrogens with zero attached hydrogens (tertiary/aromatic N) is 2. The molecule has 0 saturated carbocycles.